The topological polar surface area (TPSA) is 52.5 Å². The van der Waals surface area contributed by atoms with Crippen molar-refractivity contribution in [2.24, 2.45) is 0 Å². The van der Waals surface area contributed by atoms with Crippen molar-refractivity contribution in [1.82, 2.24) is 9.97 Å². The number of rotatable bonds is 1. The molecule has 0 aliphatic carbocycles. The van der Waals surface area contributed by atoms with E-state index >= 15 is 0 Å². The minimum Gasteiger partial charge on any atom is -0.338 e. The monoisotopic (exact) mass is 297 g/mol. The minimum atomic E-state index is 0.620. The van der Waals surface area contributed by atoms with Crippen molar-refractivity contribution in [2.75, 3.05) is 0 Å². The average molecular weight is 298 g/mol. The molecule has 0 aliphatic heterocycles. The van der Waals surface area contributed by atoms with Crippen LogP contribution in [-0.2, 0) is 0 Å². The summed E-state index contributed by atoms with van der Waals surface area (Å²) in [6.07, 6.45) is 0. The predicted octanol–water partition coefficient (Wildman–Crippen LogP) is 3.86. The highest BCUT2D eigenvalue weighted by Gasteiger charge is 2.07. The van der Waals surface area contributed by atoms with Gasteiger partial charge in [0.2, 0.25) is 0 Å². The number of imidazole rings is 1. The lowest BCUT2D eigenvalue weighted by molar-refractivity contribution is 1.33. The number of H-pyrrole nitrogens is 1. The molecule has 0 unspecified atom stereocenters. The van der Waals surface area contributed by atoms with E-state index in [1.165, 1.54) is 0 Å². The molecule has 3 aromatic rings. The van der Waals surface area contributed by atoms with Gasteiger partial charge >= 0.3 is 0 Å². The molecule has 0 saturated heterocycles. The molecule has 1 heterocycles. The first-order valence-corrected chi connectivity index (χ1v) is 6.22. The van der Waals surface area contributed by atoms with Crippen molar-refractivity contribution in [3.8, 4) is 17.5 Å². The van der Waals surface area contributed by atoms with Crippen LogP contribution in [0.4, 0.5) is 0 Å². The Bertz CT molecular complexity index is 735. The molecular formula is C14H8BrN3. The number of halogens is 1. The first-order valence-electron chi connectivity index (χ1n) is 5.43. The van der Waals surface area contributed by atoms with Gasteiger partial charge in [-0.3, -0.25) is 0 Å². The molecule has 0 spiro atoms. The van der Waals surface area contributed by atoms with Gasteiger partial charge in [0.25, 0.3) is 0 Å². The first-order chi connectivity index (χ1) is 8.78. The summed E-state index contributed by atoms with van der Waals surface area (Å²) in [4.78, 5) is 7.78. The maximum Gasteiger partial charge on any atom is 0.138 e. The van der Waals surface area contributed by atoms with Crippen molar-refractivity contribution < 1.29 is 0 Å². The summed E-state index contributed by atoms with van der Waals surface area (Å²) in [5.41, 5.74) is 3.52. The van der Waals surface area contributed by atoms with Gasteiger partial charge in [-0.25, -0.2) is 4.98 Å². The largest absolute Gasteiger partial charge is 0.338 e. The maximum absolute atomic E-state index is 8.89. The molecule has 1 aromatic heterocycles. The number of nitrogens with one attached hydrogen (secondary N) is 1. The smallest absolute Gasteiger partial charge is 0.138 e. The fourth-order valence-electron chi connectivity index (χ4n) is 1.84. The molecule has 0 saturated carbocycles. The minimum absolute atomic E-state index is 0.620. The zero-order valence-electron chi connectivity index (χ0n) is 9.31. The van der Waals surface area contributed by atoms with Crippen LogP contribution in [0.5, 0.6) is 0 Å². The van der Waals surface area contributed by atoms with Gasteiger partial charge in [0.15, 0.2) is 0 Å². The van der Waals surface area contributed by atoms with Crippen LogP contribution in [0.15, 0.2) is 46.9 Å². The van der Waals surface area contributed by atoms with Crippen LogP contribution in [-0.4, -0.2) is 9.97 Å². The number of aromatic amines is 1. The molecule has 0 radical (unpaired) electrons. The molecule has 0 fully saturated rings. The van der Waals surface area contributed by atoms with Crippen LogP contribution in [0, 0.1) is 11.3 Å². The Kier molecular flexibility index (Phi) is 2.62. The number of hydrogen-bond donors (Lipinski definition) is 1. The van der Waals surface area contributed by atoms with Crippen LogP contribution in [0.1, 0.15) is 5.56 Å². The third kappa shape index (κ3) is 1.79. The number of para-hydroxylation sites is 2. The summed E-state index contributed by atoms with van der Waals surface area (Å²) in [5.74, 6) is 0.807. The quantitative estimate of drug-likeness (QED) is 0.741. The van der Waals surface area contributed by atoms with Crippen LogP contribution in [0.3, 0.4) is 0 Å². The number of fused-ring (bicyclic) bond motifs is 1. The fraction of sp³-hybridized carbons (Fsp3) is 0. The Labute approximate surface area is 112 Å². The summed E-state index contributed by atoms with van der Waals surface area (Å²) in [5, 5.41) is 8.89. The summed E-state index contributed by atoms with van der Waals surface area (Å²) in [6, 6.07) is 15.6. The van der Waals surface area contributed by atoms with E-state index in [9.17, 15) is 0 Å². The molecule has 3 nitrogen and oxygen atoms in total. The zero-order chi connectivity index (χ0) is 12.5. The van der Waals surface area contributed by atoms with Crippen LogP contribution >= 0.6 is 15.9 Å². The molecule has 0 bridgehead atoms. The van der Waals surface area contributed by atoms with E-state index in [2.05, 4.69) is 32.0 Å². The summed E-state index contributed by atoms with van der Waals surface area (Å²) in [7, 11) is 0. The van der Waals surface area contributed by atoms with Gasteiger partial charge in [0.05, 0.1) is 16.6 Å². The standard InChI is InChI=1S/C14H8BrN3/c15-11-7-9(5-6-10(11)8-16)14-17-12-3-1-2-4-13(12)18-14/h1-7H,(H,17,18). The SMILES string of the molecule is N#Cc1ccc(-c2nc3ccccc3[nH]2)cc1Br. The maximum atomic E-state index is 8.89. The van der Waals surface area contributed by atoms with Gasteiger partial charge in [-0.2, -0.15) is 5.26 Å². The summed E-state index contributed by atoms with van der Waals surface area (Å²) in [6.45, 7) is 0. The van der Waals surface area contributed by atoms with E-state index in [0.29, 0.717) is 5.56 Å². The zero-order valence-corrected chi connectivity index (χ0v) is 10.9. The van der Waals surface area contributed by atoms with Gasteiger partial charge in [0, 0.05) is 10.0 Å². The predicted molar refractivity (Wildman–Crippen MR) is 73.9 cm³/mol. The molecule has 0 amide bonds. The molecule has 0 aliphatic rings. The lowest BCUT2D eigenvalue weighted by Crippen LogP contribution is -1.83. The van der Waals surface area contributed by atoms with E-state index in [1.54, 1.807) is 6.07 Å². The molecule has 4 heteroatoms. The summed E-state index contributed by atoms with van der Waals surface area (Å²) >= 11 is 3.38. The highest BCUT2D eigenvalue weighted by Crippen LogP contribution is 2.25. The van der Waals surface area contributed by atoms with Crippen molar-refractivity contribution in [2.45, 2.75) is 0 Å². The number of benzene rings is 2. The highest BCUT2D eigenvalue weighted by molar-refractivity contribution is 9.10. The molecule has 18 heavy (non-hydrogen) atoms. The summed E-state index contributed by atoms with van der Waals surface area (Å²) < 4.78 is 0.781. The Morgan fingerprint density at radius 1 is 1.17 bits per heavy atom. The second-order valence-corrected chi connectivity index (χ2v) is 4.76. The highest BCUT2D eigenvalue weighted by atomic mass is 79.9. The first kappa shape index (κ1) is 11.0. The van der Waals surface area contributed by atoms with Crippen molar-refractivity contribution in [3.05, 3.63) is 52.5 Å². The Morgan fingerprint density at radius 3 is 2.72 bits per heavy atom. The Balaban J connectivity index is 2.15. The van der Waals surface area contributed by atoms with Gasteiger partial charge < -0.3 is 4.98 Å². The molecule has 86 valence electrons. The van der Waals surface area contributed by atoms with Crippen LogP contribution < -0.4 is 0 Å². The molecular weight excluding hydrogens is 290 g/mol. The molecule has 1 N–H and O–H groups in total. The second kappa shape index (κ2) is 4.28. The van der Waals surface area contributed by atoms with Crippen LogP contribution in [0.25, 0.3) is 22.4 Å². The molecule has 2 aromatic carbocycles. The van der Waals surface area contributed by atoms with E-state index in [1.807, 2.05) is 36.4 Å². The van der Waals surface area contributed by atoms with Crippen molar-refractivity contribution >= 4 is 27.0 Å². The van der Waals surface area contributed by atoms with E-state index in [4.69, 9.17) is 5.26 Å². The van der Waals surface area contributed by atoms with Gasteiger partial charge in [-0.1, -0.05) is 12.1 Å². The Morgan fingerprint density at radius 2 is 2.00 bits per heavy atom. The van der Waals surface area contributed by atoms with E-state index < -0.39 is 0 Å². The van der Waals surface area contributed by atoms with Gasteiger partial charge in [-0.15, -0.1) is 0 Å². The van der Waals surface area contributed by atoms with Crippen LogP contribution in [0.2, 0.25) is 0 Å². The van der Waals surface area contributed by atoms with E-state index in [0.717, 1.165) is 26.9 Å². The lowest BCUT2D eigenvalue weighted by Gasteiger charge is -1.99. The average Bonchev–Trinajstić information content (AvgIpc) is 2.82. The third-order valence-corrected chi connectivity index (χ3v) is 3.41. The number of nitrogens with zero attached hydrogens (tertiary/aromatic N) is 2. The van der Waals surface area contributed by atoms with Crippen molar-refractivity contribution in [3.63, 3.8) is 0 Å². The van der Waals surface area contributed by atoms with Gasteiger partial charge in [0.1, 0.15) is 11.9 Å². The molecule has 3 rings (SSSR count). The van der Waals surface area contributed by atoms with Crippen molar-refractivity contribution in [1.29, 1.82) is 5.26 Å². The number of aromatic nitrogens is 2. The Hall–Kier alpha value is -2.12. The van der Waals surface area contributed by atoms with Gasteiger partial charge in [-0.05, 0) is 46.3 Å². The molecule has 0 atom stereocenters. The fourth-order valence-corrected chi connectivity index (χ4v) is 2.31. The second-order valence-electron chi connectivity index (χ2n) is 3.91. The lowest BCUT2D eigenvalue weighted by atomic mass is 10.1. The number of nitriles is 1. The van der Waals surface area contributed by atoms with E-state index in [-0.39, 0.29) is 0 Å². The third-order valence-electron chi connectivity index (χ3n) is 2.75. The normalized spacial score (nSPS) is 10.4. The number of hydrogen-bond acceptors (Lipinski definition) is 2.